The number of halogens is 1. The van der Waals surface area contributed by atoms with Gasteiger partial charge in [-0.3, -0.25) is 15.1 Å². The Hall–Kier alpha value is -2.03. The maximum Gasteiger partial charge on any atom is 0.319 e. The molecule has 3 rings (SSSR count). The van der Waals surface area contributed by atoms with Gasteiger partial charge in [-0.1, -0.05) is 0 Å². The molecule has 0 unspecified atom stereocenters. The van der Waals surface area contributed by atoms with Crippen LogP contribution in [-0.4, -0.2) is 56.1 Å². The van der Waals surface area contributed by atoms with Gasteiger partial charge in [-0.25, -0.2) is 10.6 Å². The highest BCUT2D eigenvalue weighted by atomic mass is 35.5. The molecule has 2 fully saturated rings. The van der Waals surface area contributed by atoms with Crippen LogP contribution in [0.15, 0.2) is 18.2 Å². The van der Waals surface area contributed by atoms with Crippen molar-refractivity contribution in [1.29, 1.82) is 0 Å². The molecule has 1 saturated carbocycles. The van der Waals surface area contributed by atoms with Gasteiger partial charge in [0, 0.05) is 44.8 Å². The van der Waals surface area contributed by atoms with E-state index in [2.05, 4.69) is 25.9 Å². The van der Waals surface area contributed by atoms with Crippen molar-refractivity contribution in [3.8, 4) is 0 Å². The standard InChI is InChI=1S/C18H28N6O2.ClH/c1-2-20-18(26)21-15-6-5-14(17(25)22-19)11-16(15)24-9-7-23(8-10-24)12-13-3-4-13;/h5-6,11,13H,2-4,7-10,12,19H2,1H3,(H,22,25)(H2,20,21,26);1H. The van der Waals surface area contributed by atoms with Crippen LogP contribution in [0, 0.1) is 5.92 Å². The third-order valence-corrected chi connectivity index (χ3v) is 4.90. The number of piperazine rings is 1. The van der Waals surface area contributed by atoms with Crippen LogP contribution in [0.1, 0.15) is 30.1 Å². The molecule has 9 heteroatoms. The van der Waals surface area contributed by atoms with Crippen molar-refractivity contribution in [1.82, 2.24) is 15.6 Å². The molecule has 8 nitrogen and oxygen atoms in total. The highest BCUT2D eigenvalue weighted by molar-refractivity contribution is 5.98. The van der Waals surface area contributed by atoms with Gasteiger partial charge < -0.3 is 15.5 Å². The summed E-state index contributed by atoms with van der Waals surface area (Å²) in [5, 5.41) is 5.61. The fourth-order valence-corrected chi connectivity index (χ4v) is 3.29. The monoisotopic (exact) mass is 396 g/mol. The van der Waals surface area contributed by atoms with E-state index in [0.29, 0.717) is 17.8 Å². The predicted octanol–water partition coefficient (Wildman–Crippen LogP) is 1.39. The maximum absolute atomic E-state index is 12.0. The molecule has 0 aromatic heterocycles. The third-order valence-electron chi connectivity index (χ3n) is 4.90. The summed E-state index contributed by atoms with van der Waals surface area (Å²) in [4.78, 5) is 28.6. The Morgan fingerprint density at radius 2 is 1.89 bits per heavy atom. The van der Waals surface area contributed by atoms with Gasteiger partial charge in [0.1, 0.15) is 0 Å². The number of hydrogen-bond donors (Lipinski definition) is 4. The number of amides is 3. The minimum absolute atomic E-state index is 0. The van der Waals surface area contributed by atoms with Crippen molar-refractivity contribution in [3.63, 3.8) is 0 Å². The van der Waals surface area contributed by atoms with Gasteiger partial charge in [-0.05, 0) is 43.9 Å². The van der Waals surface area contributed by atoms with E-state index in [1.54, 1.807) is 18.2 Å². The average molecular weight is 397 g/mol. The van der Waals surface area contributed by atoms with Crippen LogP contribution in [0.3, 0.4) is 0 Å². The number of urea groups is 1. The van der Waals surface area contributed by atoms with Crippen LogP contribution in [0.5, 0.6) is 0 Å². The van der Waals surface area contributed by atoms with E-state index in [0.717, 1.165) is 37.8 Å². The molecule has 0 atom stereocenters. The summed E-state index contributed by atoms with van der Waals surface area (Å²) in [6.07, 6.45) is 2.72. The Bertz CT molecular complexity index is 659. The molecule has 1 heterocycles. The largest absolute Gasteiger partial charge is 0.367 e. The maximum atomic E-state index is 12.0. The summed E-state index contributed by atoms with van der Waals surface area (Å²) in [7, 11) is 0. The van der Waals surface area contributed by atoms with E-state index >= 15 is 0 Å². The zero-order valence-electron chi connectivity index (χ0n) is 15.7. The van der Waals surface area contributed by atoms with Gasteiger partial charge in [-0.15, -0.1) is 12.4 Å². The molecule has 5 N–H and O–H groups in total. The topological polar surface area (TPSA) is 103 Å². The molecule has 1 saturated heterocycles. The summed E-state index contributed by atoms with van der Waals surface area (Å²) >= 11 is 0. The molecule has 1 aromatic carbocycles. The summed E-state index contributed by atoms with van der Waals surface area (Å²) in [5.41, 5.74) is 4.18. The van der Waals surface area contributed by atoms with Gasteiger partial charge in [0.25, 0.3) is 5.91 Å². The minimum Gasteiger partial charge on any atom is -0.367 e. The van der Waals surface area contributed by atoms with Crippen molar-refractivity contribution >= 4 is 35.7 Å². The molecule has 0 radical (unpaired) electrons. The molecule has 27 heavy (non-hydrogen) atoms. The lowest BCUT2D eigenvalue weighted by atomic mass is 10.1. The van der Waals surface area contributed by atoms with Crippen LogP contribution < -0.4 is 26.8 Å². The smallest absolute Gasteiger partial charge is 0.319 e. The average Bonchev–Trinajstić information content (AvgIpc) is 3.46. The molecular formula is C18H29ClN6O2. The van der Waals surface area contributed by atoms with Crippen LogP contribution >= 0.6 is 12.4 Å². The SMILES string of the molecule is CCNC(=O)Nc1ccc(C(=O)NN)cc1N1CCN(CC2CC2)CC1.Cl. The van der Waals surface area contributed by atoms with E-state index in [1.165, 1.54) is 19.4 Å². The Kier molecular flexibility index (Phi) is 7.70. The lowest BCUT2D eigenvalue weighted by molar-refractivity contribution is 0.0953. The fraction of sp³-hybridized carbons (Fsp3) is 0.556. The first-order valence-corrected chi connectivity index (χ1v) is 9.28. The lowest BCUT2D eigenvalue weighted by Gasteiger charge is -2.37. The first-order valence-electron chi connectivity index (χ1n) is 9.28. The van der Waals surface area contributed by atoms with E-state index < -0.39 is 0 Å². The molecule has 1 aromatic rings. The van der Waals surface area contributed by atoms with Crippen molar-refractivity contribution < 1.29 is 9.59 Å². The number of benzene rings is 1. The number of anilines is 2. The van der Waals surface area contributed by atoms with E-state index in [4.69, 9.17) is 5.84 Å². The van der Waals surface area contributed by atoms with Crippen LogP contribution in [0.2, 0.25) is 0 Å². The zero-order valence-corrected chi connectivity index (χ0v) is 16.5. The van der Waals surface area contributed by atoms with Crippen molar-refractivity contribution in [3.05, 3.63) is 23.8 Å². The Balaban J connectivity index is 0.00000261. The van der Waals surface area contributed by atoms with Crippen LogP contribution in [0.4, 0.5) is 16.2 Å². The molecule has 0 bridgehead atoms. The van der Waals surface area contributed by atoms with Gasteiger partial charge in [0.2, 0.25) is 0 Å². The van der Waals surface area contributed by atoms with Crippen molar-refractivity contribution in [2.75, 3.05) is 49.5 Å². The molecule has 2 aliphatic rings. The number of rotatable bonds is 6. The molecule has 3 amide bonds. The number of hydrogen-bond acceptors (Lipinski definition) is 5. The van der Waals surface area contributed by atoms with Crippen LogP contribution in [0.25, 0.3) is 0 Å². The van der Waals surface area contributed by atoms with Gasteiger partial charge >= 0.3 is 6.03 Å². The second kappa shape index (κ2) is 9.77. The highest BCUT2D eigenvalue weighted by Gasteiger charge is 2.27. The molecule has 1 aliphatic heterocycles. The minimum atomic E-state index is -0.344. The van der Waals surface area contributed by atoms with Gasteiger partial charge in [-0.2, -0.15) is 0 Å². The number of carbonyl (C=O) groups excluding carboxylic acids is 2. The summed E-state index contributed by atoms with van der Waals surface area (Å²) in [6, 6.07) is 4.96. The zero-order chi connectivity index (χ0) is 18.5. The Morgan fingerprint density at radius 1 is 1.19 bits per heavy atom. The third kappa shape index (κ3) is 5.72. The number of nitrogens with two attached hydrogens (primary N) is 1. The second-order valence-corrected chi connectivity index (χ2v) is 6.92. The first-order chi connectivity index (χ1) is 12.6. The molecular weight excluding hydrogens is 368 g/mol. The van der Waals surface area contributed by atoms with Gasteiger partial charge in [0.15, 0.2) is 0 Å². The second-order valence-electron chi connectivity index (χ2n) is 6.92. The quantitative estimate of drug-likeness (QED) is 0.330. The summed E-state index contributed by atoms with van der Waals surface area (Å²) in [6.45, 7) is 7.32. The first kappa shape index (κ1) is 21.3. The number of nitrogen functional groups attached to an aromatic ring is 1. The van der Waals surface area contributed by atoms with Crippen molar-refractivity contribution in [2.24, 2.45) is 11.8 Å². The predicted molar refractivity (Wildman–Crippen MR) is 109 cm³/mol. The normalized spacial score (nSPS) is 17.0. The number of nitrogens with zero attached hydrogens (tertiary/aromatic N) is 2. The Labute approximate surface area is 166 Å². The van der Waals surface area contributed by atoms with Crippen LogP contribution in [-0.2, 0) is 0 Å². The molecule has 0 spiro atoms. The summed E-state index contributed by atoms with van der Waals surface area (Å²) in [5.74, 6) is 5.80. The number of hydrazine groups is 1. The highest BCUT2D eigenvalue weighted by Crippen LogP contribution is 2.31. The van der Waals surface area contributed by atoms with E-state index in [-0.39, 0.29) is 24.3 Å². The lowest BCUT2D eigenvalue weighted by Crippen LogP contribution is -2.47. The molecule has 1 aliphatic carbocycles. The Morgan fingerprint density at radius 3 is 2.48 bits per heavy atom. The molecule has 150 valence electrons. The fourth-order valence-electron chi connectivity index (χ4n) is 3.29. The summed E-state index contributed by atoms with van der Waals surface area (Å²) < 4.78 is 0. The number of carbonyl (C=O) groups is 2. The number of nitrogens with one attached hydrogen (secondary N) is 3. The van der Waals surface area contributed by atoms with E-state index in [9.17, 15) is 9.59 Å². The van der Waals surface area contributed by atoms with E-state index in [1.807, 2.05) is 6.92 Å². The van der Waals surface area contributed by atoms with Crippen molar-refractivity contribution in [2.45, 2.75) is 19.8 Å². The van der Waals surface area contributed by atoms with Gasteiger partial charge in [0.05, 0.1) is 11.4 Å².